The minimum atomic E-state index is -0.180. The van der Waals surface area contributed by atoms with Gasteiger partial charge < -0.3 is 0 Å². The van der Waals surface area contributed by atoms with E-state index in [1.165, 1.54) is 27.3 Å². The Morgan fingerprint density at radius 1 is 0.328 bits per heavy atom. The van der Waals surface area contributed by atoms with Crippen molar-refractivity contribution in [1.82, 2.24) is 19.9 Å². The van der Waals surface area contributed by atoms with Crippen molar-refractivity contribution in [1.29, 1.82) is 0 Å². The summed E-state index contributed by atoms with van der Waals surface area (Å²) in [5.41, 5.74) is 12.3. The molecule has 0 spiro atoms. The highest BCUT2D eigenvalue weighted by Crippen LogP contribution is 2.41. The van der Waals surface area contributed by atoms with E-state index in [-0.39, 0.29) is 5.41 Å². The van der Waals surface area contributed by atoms with Gasteiger partial charge in [0.2, 0.25) is 0 Å². The average Bonchev–Trinajstić information content (AvgIpc) is 3.35. The quantitative estimate of drug-likeness (QED) is 0.139. The summed E-state index contributed by atoms with van der Waals surface area (Å²) < 4.78 is 0. The van der Waals surface area contributed by atoms with Crippen LogP contribution in [0.3, 0.4) is 0 Å². The summed E-state index contributed by atoms with van der Waals surface area (Å²) in [5.74, 6) is 1.43. The monoisotopic (exact) mass is 784 g/mol. The molecule has 10 rings (SSSR count). The molecule has 4 nitrogen and oxygen atoms in total. The minimum Gasteiger partial charge on any atom is -0.228 e. The fourth-order valence-corrected chi connectivity index (χ4v) is 8.94. The Kier molecular flexibility index (Phi) is 10.0. The van der Waals surface area contributed by atoms with Gasteiger partial charge in [-0.05, 0) is 57.6 Å². The fraction of sp³-hybridized carbons (Fsp3) is 0.0877. The predicted molar refractivity (Wildman–Crippen MR) is 253 cm³/mol. The highest BCUT2D eigenvalue weighted by atomic mass is 14.9. The first kappa shape index (κ1) is 37.7. The van der Waals surface area contributed by atoms with E-state index in [0.29, 0.717) is 5.82 Å². The van der Waals surface area contributed by atoms with E-state index in [0.717, 1.165) is 80.2 Å². The molecule has 0 amide bonds. The molecule has 0 aliphatic carbocycles. The molecule has 0 saturated carbocycles. The molecule has 0 bridgehead atoms. The van der Waals surface area contributed by atoms with Gasteiger partial charge in [0.15, 0.2) is 11.6 Å². The number of nitrogens with zero attached hydrogens (tertiary/aromatic N) is 4. The van der Waals surface area contributed by atoms with Gasteiger partial charge in [-0.2, -0.15) is 0 Å². The van der Waals surface area contributed by atoms with E-state index in [2.05, 4.69) is 196 Å². The Morgan fingerprint density at radius 3 is 1.26 bits per heavy atom. The maximum Gasteiger partial charge on any atom is 0.161 e. The molecular weight excluding hydrogens is 741 g/mol. The summed E-state index contributed by atoms with van der Waals surface area (Å²) in [6.07, 6.45) is 1.91. The van der Waals surface area contributed by atoms with Gasteiger partial charge in [0.1, 0.15) is 0 Å². The van der Waals surface area contributed by atoms with Crippen molar-refractivity contribution < 1.29 is 0 Å². The van der Waals surface area contributed by atoms with Crippen LogP contribution in [0.2, 0.25) is 0 Å². The summed E-state index contributed by atoms with van der Waals surface area (Å²) in [6, 6.07) is 72.7. The lowest BCUT2D eigenvalue weighted by Gasteiger charge is -2.33. The third-order valence-electron chi connectivity index (χ3n) is 12.3. The zero-order valence-electron chi connectivity index (χ0n) is 34.3. The summed E-state index contributed by atoms with van der Waals surface area (Å²) in [5, 5.41) is 4.67. The minimum absolute atomic E-state index is 0.180. The molecular formula is C57H44N4. The van der Waals surface area contributed by atoms with Gasteiger partial charge in [-0.15, -0.1) is 0 Å². The van der Waals surface area contributed by atoms with Gasteiger partial charge in [0.25, 0.3) is 0 Å². The van der Waals surface area contributed by atoms with E-state index < -0.39 is 0 Å². The summed E-state index contributed by atoms with van der Waals surface area (Å²) in [6.45, 7) is 4.59. The second-order valence-electron chi connectivity index (χ2n) is 15.7. The average molecular weight is 785 g/mol. The SMILES string of the molecule is CCC(CC)(c1ccc(-c2cc(-c3cccc4ccccc34)nc(-c3ccccc3)n2)cc1)c1ccc(-c2cc(-c3ccccc3)nc(-c3cccc4ccccc34)n2)cc1. The van der Waals surface area contributed by atoms with Crippen molar-refractivity contribution in [3.8, 4) is 67.8 Å². The maximum absolute atomic E-state index is 5.22. The van der Waals surface area contributed by atoms with Crippen LogP contribution in [-0.4, -0.2) is 19.9 Å². The van der Waals surface area contributed by atoms with E-state index in [1.807, 2.05) is 24.3 Å². The van der Waals surface area contributed by atoms with Crippen molar-refractivity contribution in [3.05, 3.63) is 217 Å². The van der Waals surface area contributed by atoms with Crippen LogP contribution in [0.5, 0.6) is 0 Å². The Morgan fingerprint density at radius 2 is 0.721 bits per heavy atom. The van der Waals surface area contributed by atoms with Crippen LogP contribution in [0, 0.1) is 0 Å². The molecule has 2 aromatic heterocycles. The van der Waals surface area contributed by atoms with Crippen molar-refractivity contribution >= 4 is 21.5 Å². The number of hydrogen-bond donors (Lipinski definition) is 0. The van der Waals surface area contributed by atoms with Crippen molar-refractivity contribution in [2.75, 3.05) is 0 Å². The fourth-order valence-electron chi connectivity index (χ4n) is 8.94. The lowest BCUT2D eigenvalue weighted by molar-refractivity contribution is 0.478. The largest absolute Gasteiger partial charge is 0.228 e. The molecule has 0 atom stereocenters. The first-order valence-electron chi connectivity index (χ1n) is 21.2. The molecule has 10 aromatic rings. The third-order valence-corrected chi connectivity index (χ3v) is 12.3. The lowest BCUT2D eigenvalue weighted by Crippen LogP contribution is -2.26. The number of rotatable bonds is 10. The molecule has 8 aromatic carbocycles. The number of hydrogen-bond acceptors (Lipinski definition) is 4. The van der Waals surface area contributed by atoms with E-state index in [1.54, 1.807) is 0 Å². The van der Waals surface area contributed by atoms with Gasteiger partial charge >= 0.3 is 0 Å². The highest BCUT2D eigenvalue weighted by molar-refractivity contribution is 5.97. The molecule has 0 aliphatic heterocycles. The summed E-state index contributed by atoms with van der Waals surface area (Å²) in [7, 11) is 0. The standard InChI is InChI=1S/C57H44N4/c1-3-57(4-2,45-33-29-42(30-34-45)52-37-51(41-19-7-5-8-20-41)59-56(60-52)50-28-16-24-40-18-12-14-26-48(40)50)46-35-31-43(32-36-46)53-38-54(61-55(58-53)44-21-9-6-10-22-44)49-27-15-23-39-17-11-13-25-47(39)49/h5-38H,3-4H2,1-2H3. The second-order valence-corrected chi connectivity index (χ2v) is 15.7. The van der Waals surface area contributed by atoms with Crippen molar-refractivity contribution in [3.63, 3.8) is 0 Å². The van der Waals surface area contributed by atoms with Crippen LogP contribution in [-0.2, 0) is 5.41 Å². The molecule has 2 heterocycles. The highest BCUT2D eigenvalue weighted by Gasteiger charge is 2.31. The van der Waals surface area contributed by atoms with Gasteiger partial charge in [-0.1, -0.05) is 208 Å². The second kappa shape index (κ2) is 16.2. The van der Waals surface area contributed by atoms with Crippen LogP contribution >= 0.6 is 0 Å². The molecule has 4 heteroatoms. The van der Waals surface area contributed by atoms with E-state index in [9.17, 15) is 0 Å². The molecule has 0 N–H and O–H groups in total. The Hall–Kier alpha value is -7.56. The first-order chi connectivity index (χ1) is 30.1. The van der Waals surface area contributed by atoms with Crippen LogP contribution in [0.15, 0.2) is 206 Å². The number of fused-ring (bicyclic) bond motifs is 2. The zero-order valence-corrected chi connectivity index (χ0v) is 34.3. The third kappa shape index (κ3) is 7.17. The zero-order chi connectivity index (χ0) is 41.2. The lowest BCUT2D eigenvalue weighted by atomic mass is 9.70. The van der Waals surface area contributed by atoms with Gasteiger partial charge in [-0.3, -0.25) is 0 Å². The van der Waals surface area contributed by atoms with Crippen LogP contribution in [0.1, 0.15) is 37.8 Å². The topological polar surface area (TPSA) is 51.6 Å². The molecule has 61 heavy (non-hydrogen) atoms. The van der Waals surface area contributed by atoms with Gasteiger partial charge in [0, 0.05) is 38.8 Å². The van der Waals surface area contributed by atoms with Gasteiger partial charge in [-0.25, -0.2) is 19.9 Å². The van der Waals surface area contributed by atoms with Crippen LogP contribution in [0.25, 0.3) is 89.4 Å². The first-order valence-corrected chi connectivity index (χ1v) is 21.2. The number of benzene rings is 8. The predicted octanol–water partition coefficient (Wildman–Crippen LogP) is 14.7. The Bertz CT molecular complexity index is 2910. The molecule has 0 aliphatic rings. The van der Waals surface area contributed by atoms with Crippen molar-refractivity contribution in [2.24, 2.45) is 0 Å². The molecule has 0 radical (unpaired) electrons. The summed E-state index contributed by atoms with van der Waals surface area (Å²) >= 11 is 0. The van der Waals surface area contributed by atoms with E-state index in [4.69, 9.17) is 19.9 Å². The molecule has 0 saturated heterocycles. The Balaban J connectivity index is 1.02. The van der Waals surface area contributed by atoms with Crippen LogP contribution < -0.4 is 0 Å². The molecule has 0 fully saturated rings. The normalized spacial score (nSPS) is 11.6. The summed E-state index contributed by atoms with van der Waals surface area (Å²) in [4.78, 5) is 20.6. The van der Waals surface area contributed by atoms with Crippen LogP contribution in [0.4, 0.5) is 0 Å². The molecule has 0 unspecified atom stereocenters. The van der Waals surface area contributed by atoms with Crippen molar-refractivity contribution in [2.45, 2.75) is 32.1 Å². The van der Waals surface area contributed by atoms with Gasteiger partial charge in [0.05, 0.1) is 22.8 Å². The maximum atomic E-state index is 5.22. The number of aromatic nitrogens is 4. The molecule has 292 valence electrons. The van der Waals surface area contributed by atoms with E-state index >= 15 is 0 Å². The Labute approximate surface area is 357 Å². The smallest absolute Gasteiger partial charge is 0.161 e.